The Labute approximate surface area is 140 Å². The number of ether oxygens (including phenoxy) is 1. The van der Waals surface area contributed by atoms with Crippen LogP contribution in [-0.4, -0.2) is 52.6 Å². The highest BCUT2D eigenvalue weighted by molar-refractivity contribution is 6.04. The van der Waals surface area contributed by atoms with Gasteiger partial charge in [0.2, 0.25) is 0 Å². The van der Waals surface area contributed by atoms with Crippen LogP contribution in [0.3, 0.4) is 0 Å². The molecule has 2 heterocycles. The number of rotatable bonds is 3. The highest BCUT2D eigenvalue weighted by Gasteiger charge is 2.20. The van der Waals surface area contributed by atoms with E-state index in [1.54, 1.807) is 41.2 Å². The van der Waals surface area contributed by atoms with Gasteiger partial charge in [-0.25, -0.2) is 4.98 Å². The Morgan fingerprint density at radius 1 is 1.25 bits per heavy atom. The van der Waals surface area contributed by atoms with E-state index in [4.69, 9.17) is 4.74 Å². The average molecular weight is 328 g/mol. The van der Waals surface area contributed by atoms with Gasteiger partial charge in [-0.15, -0.1) is 0 Å². The molecule has 2 aromatic rings. The maximum Gasteiger partial charge on any atom is 0.275 e. The van der Waals surface area contributed by atoms with Crippen LogP contribution >= 0.6 is 0 Å². The van der Waals surface area contributed by atoms with Crippen molar-refractivity contribution in [1.29, 1.82) is 0 Å². The molecular weight excluding hydrogens is 308 g/mol. The molecule has 1 aromatic carbocycles. The molecule has 24 heavy (non-hydrogen) atoms. The molecule has 7 heteroatoms. The largest absolute Gasteiger partial charge is 0.378 e. The fraction of sp³-hybridized carbons (Fsp3) is 0.353. The summed E-state index contributed by atoms with van der Waals surface area (Å²) in [6.07, 6.45) is 3.21. The minimum atomic E-state index is -0.302. The van der Waals surface area contributed by atoms with Gasteiger partial charge in [-0.3, -0.25) is 9.59 Å². The molecule has 7 nitrogen and oxygen atoms in total. The summed E-state index contributed by atoms with van der Waals surface area (Å²) in [4.78, 5) is 30.7. The highest BCUT2D eigenvalue weighted by atomic mass is 16.5. The molecule has 0 aliphatic carbocycles. The number of morpholine rings is 1. The zero-order chi connectivity index (χ0) is 17.1. The normalized spacial score (nSPS) is 14.5. The first-order chi connectivity index (χ1) is 11.5. The van der Waals surface area contributed by atoms with Crippen molar-refractivity contribution in [2.75, 3.05) is 31.6 Å². The predicted molar refractivity (Wildman–Crippen MR) is 89.1 cm³/mol. The van der Waals surface area contributed by atoms with E-state index >= 15 is 0 Å². The summed E-state index contributed by atoms with van der Waals surface area (Å²) in [6.45, 7) is 4.17. The molecule has 3 rings (SSSR count). The predicted octanol–water partition coefficient (Wildman–Crippen LogP) is 1.45. The molecule has 1 aliphatic heterocycles. The third kappa shape index (κ3) is 3.46. The number of nitrogens with zero attached hydrogens (tertiary/aromatic N) is 3. The lowest BCUT2D eigenvalue weighted by Crippen LogP contribution is -2.41. The summed E-state index contributed by atoms with van der Waals surface area (Å²) in [5.41, 5.74) is 2.38. The second-order valence-electron chi connectivity index (χ2n) is 5.81. The van der Waals surface area contributed by atoms with Crippen LogP contribution in [0, 0.1) is 6.92 Å². The molecule has 0 radical (unpaired) electrons. The molecule has 1 saturated heterocycles. The first-order valence-corrected chi connectivity index (χ1v) is 7.81. The van der Waals surface area contributed by atoms with E-state index in [9.17, 15) is 9.59 Å². The number of carbonyl (C=O) groups excluding carboxylic acids is 2. The van der Waals surface area contributed by atoms with Crippen molar-refractivity contribution in [3.05, 3.63) is 47.5 Å². The summed E-state index contributed by atoms with van der Waals surface area (Å²) in [5.74, 6) is -0.339. The van der Waals surface area contributed by atoms with Crippen LogP contribution in [0.15, 0.2) is 30.7 Å². The zero-order valence-corrected chi connectivity index (χ0v) is 13.8. The van der Waals surface area contributed by atoms with Crippen LogP contribution in [-0.2, 0) is 11.8 Å². The van der Waals surface area contributed by atoms with Crippen LogP contribution in [0.25, 0.3) is 0 Å². The van der Waals surface area contributed by atoms with Gasteiger partial charge in [0.15, 0.2) is 0 Å². The van der Waals surface area contributed by atoms with Crippen molar-refractivity contribution >= 4 is 17.5 Å². The van der Waals surface area contributed by atoms with Crippen molar-refractivity contribution in [3.63, 3.8) is 0 Å². The van der Waals surface area contributed by atoms with E-state index in [1.165, 1.54) is 0 Å². The standard InChI is InChI=1S/C17H20N4O3/c1-12-3-4-13(19-16(22)15-10-20(2)11-18-15)9-14(12)17(23)21-5-7-24-8-6-21/h3-4,9-11H,5-8H2,1-2H3,(H,19,22). The summed E-state index contributed by atoms with van der Waals surface area (Å²) in [7, 11) is 1.80. The van der Waals surface area contributed by atoms with Gasteiger partial charge < -0.3 is 19.5 Å². The third-order valence-electron chi connectivity index (χ3n) is 3.96. The lowest BCUT2D eigenvalue weighted by molar-refractivity contribution is 0.0302. The van der Waals surface area contributed by atoms with Gasteiger partial charge in [-0.05, 0) is 24.6 Å². The minimum Gasteiger partial charge on any atom is -0.378 e. The number of amides is 2. The quantitative estimate of drug-likeness (QED) is 0.925. The highest BCUT2D eigenvalue weighted by Crippen LogP contribution is 2.18. The van der Waals surface area contributed by atoms with Gasteiger partial charge in [-0.2, -0.15) is 0 Å². The average Bonchev–Trinajstić information content (AvgIpc) is 3.03. The van der Waals surface area contributed by atoms with Gasteiger partial charge in [0.1, 0.15) is 5.69 Å². The number of hydrogen-bond acceptors (Lipinski definition) is 4. The molecule has 1 aromatic heterocycles. The summed E-state index contributed by atoms with van der Waals surface area (Å²) in [5, 5.41) is 2.79. The Morgan fingerprint density at radius 2 is 2.00 bits per heavy atom. The molecule has 2 amide bonds. The van der Waals surface area contributed by atoms with Crippen LogP contribution in [0.4, 0.5) is 5.69 Å². The molecule has 0 bridgehead atoms. The van der Waals surface area contributed by atoms with E-state index in [-0.39, 0.29) is 11.8 Å². The number of anilines is 1. The maximum atomic E-state index is 12.7. The van der Waals surface area contributed by atoms with Gasteiger partial charge in [-0.1, -0.05) is 6.07 Å². The third-order valence-corrected chi connectivity index (χ3v) is 3.96. The van der Waals surface area contributed by atoms with E-state index in [2.05, 4.69) is 10.3 Å². The molecule has 126 valence electrons. The number of carbonyl (C=O) groups is 2. The Balaban J connectivity index is 1.78. The first kappa shape index (κ1) is 16.2. The Morgan fingerprint density at radius 3 is 2.67 bits per heavy atom. The zero-order valence-electron chi connectivity index (χ0n) is 13.8. The van der Waals surface area contributed by atoms with Gasteiger partial charge in [0.05, 0.1) is 19.5 Å². The first-order valence-electron chi connectivity index (χ1n) is 7.81. The SMILES string of the molecule is Cc1ccc(NC(=O)c2cn(C)cn2)cc1C(=O)N1CCOCC1. The number of hydrogen-bond donors (Lipinski definition) is 1. The minimum absolute atomic E-state index is 0.0373. The molecule has 0 atom stereocenters. The molecule has 0 saturated carbocycles. The maximum absolute atomic E-state index is 12.7. The number of imidazole rings is 1. The number of aromatic nitrogens is 2. The molecule has 0 spiro atoms. The Kier molecular flexibility index (Phi) is 4.61. The van der Waals surface area contributed by atoms with E-state index in [1.807, 2.05) is 13.0 Å². The molecule has 0 unspecified atom stereocenters. The molecule has 1 aliphatic rings. The second kappa shape index (κ2) is 6.84. The lowest BCUT2D eigenvalue weighted by Gasteiger charge is -2.27. The summed E-state index contributed by atoms with van der Waals surface area (Å²) >= 11 is 0. The fourth-order valence-corrected chi connectivity index (χ4v) is 2.59. The smallest absolute Gasteiger partial charge is 0.275 e. The Hall–Kier alpha value is -2.67. The van der Waals surface area contributed by atoms with Crippen molar-refractivity contribution < 1.29 is 14.3 Å². The number of aryl methyl sites for hydroxylation is 2. The van der Waals surface area contributed by atoms with Crippen molar-refractivity contribution in [3.8, 4) is 0 Å². The lowest BCUT2D eigenvalue weighted by atomic mass is 10.1. The van der Waals surface area contributed by atoms with E-state index in [0.717, 1.165) is 5.56 Å². The fourth-order valence-electron chi connectivity index (χ4n) is 2.59. The van der Waals surface area contributed by atoms with Gasteiger partial charge in [0, 0.05) is 37.6 Å². The number of nitrogens with one attached hydrogen (secondary N) is 1. The van der Waals surface area contributed by atoms with Gasteiger partial charge >= 0.3 is 0 Å². The van der Waals surface area contributed by atoms with E-state index in [0.29, 0.717) is 43.2 Å². The molecule has 1 fully saturated rings. The molecule has 1 N–H and O–H groups in total. The Bertz CT molecular complexity index is 763. The van der Waals surface area contributed by atoms with Crippen molar-refractivity contribution in [2.24, 2.45) is 7.05 Å². The van der Waals surface area contributed by atoms with Gasteiger partial charge in [0.25, 0.3) is 11.8 Å². The van der Waals surface area contributed by atoms with E-state index < -0.39 is 0 Å². The topological polar surface area (TPSA) is 76.5 Å². The second-order valence-corrected chi connectivity index (χ2v) is 5.81. The van der Waals surface area contributed by atoms with Crippen LogP contribution in [0.1, 0.15) is 26.4 Å². The van der Waals surface area contributed by atoms with Crippen LogP contribution in [0.2, 0.25) is 0 Å². The number of benzene rings is 1. The van der Waals surface area contributed by atoms with Crippen LogP contribution in [0.5, 0.6) is 0 Å². The summed E-state index contributed by atoms with van der Waals surface area (Å²) < 4.78 is 6.99. The van der Waals surface area contributed by atoms with Crippen molar-refractivity contribution in [1.82, 2.24) is 14.5 Å². The monoisotopic (exact) mass is 328 g/mol. The van der Waals surface area contributed by atoms with Crippen LogP contribution < -0.4 is 5.32 Å². The van der Waals surface area contributed by atoms with Crippen molar-refractivity contribution in [2.45, 2.75) is 6.92 Å². The molecular formula is C17H20N4O3. The summed E-state index contributed by atoms with van der Waals surface area (Å²) in [6, 6.07) is 5.34.